The van der Waals surface area contributed by atoms with Crippen molar-refractivity contribution in [1.82, 2.24) is 15.0 Å². The van der Waals surface area contributed by atoms with Crippen molar-refractivity contribution >= 4 is 28.4 Å². The van der Waals surface area contributed by atoms with Crippen LogP contribution in [-0.2, 0) is 4.79 Å². The number of hydrogen-bond acceptors (Lipinski definition) is 5. The number of aryl methyl sites for hydroxylation is 1. The third-order valence-electron chi connectivity index (χ3n) is 5.96. The highest BCUT2D eigenvalue weighted by atomic mass is 19.1. The maximum absolute atomic E-state index is 13.1. The van der Waals surface area contributed by atoms with Crippen molar-refractivity contribution in [3.63, 3.8) is 0 Å². The summed E-state index contributed by atoms with van der Waals surface area (Å²) in [6, 6.07) is 13.0. The zero-order chi connectivity index (χ0) is 22.8. The topological polar surface area (TPSA) is 83.1 Å². The van der Waals surface area contributed by atoms with Crippen molar-refractivity contribution in [2.75, 3.05) is 23.3 Å². The Morgan fingerprint density at radius 1 is 1.12 bits per heavy atom. The molecule has 7 nitrogen and oxygen atoms in total. The molecule has 3 heterocycles. The molecular weight excluding hydrogens is 421 g/mol. The van der Waals surface area contributed by atoms with Crippen LogP contribution in [0.5, 0.6) is 11.5 Å². The van der Waals surface area contributed by atoms with Gasteiger partial charge in [0.2, 0.25) is 5.91 Å². The molecule has 0 bridgehead atoms. The number of ether oxygens (including phenoxy) is 1. The zero-order valence-corrected chi connectivity index (χ0v) is 18.2. The van der Waals surface area contributed by atoms with Crippen LogP contribution in [0.2, 0.25) is 0 Å². The predicted octanol–water partition coefficient (Wildman–Crippen LogP) is 5.05. The molecule has 4 aromatic rings. The van der Waals surface area contributed by atoms with Crippen molar-refractivity contribution < 1.29 is 13.9 Å². The zero-order valence-electron chi connectivity index (χ0n) is 18.2. The number of nitrogens with zero attached hydrogens (tertiary/aromatic N) is 3. The Kier molecular flexibility index (Phi) is 5.64. The fourth-order valence-electron chi connectivity index (χ4n) is 4.21. The number of aromatic amines is 1. The maximum atomic E-state index is 13.1. The van der Waals surface area contributed by atoms with Crippen LogP contribution in [0.25, 0.3) is 11.0 Å². The second kappa shape index (κ2) is 8.90. The summed E-state index contributed by atoms with van der Waals surface area (Å²) in [6.07, 6.45) is 5.00. The minimum atomic E-state index is -0.318. The van der Waals surface area contributed by atoms with E-state index in [1.807, 2.05) is 25.3 Å². The predicted molar refractivity (Wildman–Crippen MR) is 125 cm³/mol. The molecule has 0 unspecified atom stereocenters. The van der Waals surface area contributed by atoms with Crippen LogP contribution in [0, 0.1) is 18.7 Å². The summed E-state index contributed by atoms with van der Waals surface area (Å²) in [5.74, 6) is 1.63. The molecule has 2 aromatic carbocycles. The average Bonchev–Trinajstić information content (AvgIpc) is 3.22. The second-order valence-electron chi connectivity index (χ2n) is 8.23. The van der Waals surface area contributed by atoms with Gasteiger partial charge in [-0.05, 0) is 61.7 Å². The number of anilines is 2. The first-order valence-electron chi connectivity index (χ1n) is 10.9. The first kappa shape index (κ1) is 20.9. The Bertz CT molecular complexity index is 1280. The van der Waals surface area contributed by atoms with Crippen LogP contribution in [-0.4, -0.2) is 33.9 Å². The van der Waals surface area contributed by atoms with E-state index in [0.717, 1.165) is 48.3 Å². The van der Waals surface area contributed by atoms with Crippen LogP contribution in [0.1, 0.15) is 18.4 Å². The Hall–Kier alpha value is -3.94. The minimum absolute atomic E-state index is 0.000702. The third-order valence-corrected chi connectivity index (χ3v) is 5.96. The Labute approximate surface area is 190 Å². The summed E-state index contributed by atoms with van der Waals surface area (Å²) in [4.78, 5) is 27.1. The van der Waals surface area contributed by atoms with Gasteiger partial charge in [0.15, 0.2) is 0 Å². The van der Waals surface area contributed by atoms with E-state index in [9.17, 15) is 9.18 Å². The number of fused-ring (bicyclic) bond motifs is 1. The van der Waals surface area contributed by atoms with Crippen LogP contribution in [0.3, 0.4) is 0 Å². The van der Waals surface area contributed by atoms with E-state index in [1.165, 1.54) is 12.1 Å². The average molecular weight is 445 g/mol. The van der Waals surface area contributed by atoms with Crippen molar-refractivity contribution in [3.05, 3.63) is 72.4 Å². The van der Waals surface area contributed by atoms with Crippen LogP contribution < -0.4 is 15.0 Å². The molecule has 0 spiro atoms. The molecule has 1 aliphatic heterocycles. The van der Waals surface area contributed by atoms with E-state index in [0.29, 0.717) is 17.2 Å². The summed E-state index contributed by atoms with van der Waals surface area (Å²) < 4.78 is 18.9. The van der Waals surface area contributed by atoms with E-state index in [-0.39, 0.29) is 17.6 Å². The minimum Gasteiger partial charge on any atom is -0.457 e. The molecule has 1 amide bonds. The number of halogens is 1. The van der Waals surface area contributed by atoms with Crippen LogP contribution in [0.4, 0.5) is 15.9 Å². The fourth-order valence-corrected chi connectivity index (χ4v) is 4.21. The molecule has 1 fully saturated rings. The van der Waals surface area contributed by atoms with E-state index >= 15 is 0 Å². The molecular formula is C25H24FN5O2. The molecule has 2 N–H and O–H groups in total. The number of aromatic nitrogens is 3. The number of H-pyrrole nitrogens is 1. The number of rotatable bonds is 5. The number of nitrogens with one attached hydrogen (secondary N) is 2. The summed E-state index contributed by atoms with van der Waals surface area (Å²) in [5.41, 5.74) is 2.62. The third kappa shape index (κ3) is 4.50. The van der Waals surface area contributed by atoms with Gasteiger partial charge in [0.1, 0.15) is 35.1 Å². The molecule has 1 saturated heterocycles. The number of amides is 1. The Morgan fingerprint density at radius 2 is 1.91 bits per heavy atom. The molecule has 33 heavy (non-hydrogen) atoms. The van der Waals surface area contributed by atoms with Gasteiger partial charge in [0, 0.05) is 37.0 Å². The second-order valence-corrected chi connectivity index (χ2v) is 8.23. The molecule has 8 heteroatoms. The SMILES string of the molecule is Cc1c[nH]c2ncnc(N3CCC(C(=O)Nc4cccc(Oc5ccc(F)cc5)c4)CC3)c12. The summed E-state index contributed by atoms with van der Waals surface area (Å²) in [5, 5.41) is 4.05. The lowest BCUT2D eigenvalue weighted by Crippen LogP contribution is -2.38. The molecule has 5 rings (SSSR count). The lowest BCUT2D eigenvalue weighted by atomic mass is 9.95. The molecule has 0 aliphatic carbocycles. The number of hydrogen-bond donors (Lipinski definition) is 2. The lowest BCUT2D eigenvalue weighted by molar-refractivity contribution is -0.120. The summed E-state index contributed by atoms with van der Waals surface area (Å²) in [6.45, 7) is 3.55. The largest absolute Gasteiger partial charge is 0.457 e. The molecule has 0 radical (unpaired) electrons. The van der Waals surface area contributed by atoms with E-state index in [1.54, 1.807) is 30.6 Å². The van der Waals surface area contributed by atoms with Gasteiger partial charge in [0.05, 0.1) is 5.39 Å². The van der Waals surface area contributed by atoms with E-state index in [4.69, 9.17) is 4.74 Å². The van der Waals surface area contributed by atoms with Crippen LogP contribution >= 0.6 is 0 Å². The van der Waals surface area contributed by atoms with Gasteiger partial charge >= 0.3 is 0 Å². The summed E-state index contributed by atoms with van der Waals surface area (Å²) >= 11 is 0. The van der Waals surface area contributed by atoms with E-state index < -0.39 is 0 Å². The van der Waals surface area contributed by atoms with Crippen molar-refractivity contribution in [2.45, 2.75) is 19.8 Å². The van der Waals surface area contributed by atoms with Crippen LogP contribution in [0.15, 0.2) is 61.1 Å². The quantitative estimate of drug-likeness (QED) is 0.449. The number of carbonyl (C=O) groups excluding carboxylic acids is 1. The molecule has 168 valence electrons. The highest BCUT2D eigenvalue weighted by molar-refractivity contribution is 5.93. The first-order valence-corrected chi connectivity index (χ1v) is 10.9. The Morgan fingerprint density at radius 3 is 2.70 bits per heavy atom. The van der Waals surface area contributed by atoms with Gasteiger partial charge in [-0.3, -0.25) is 4.79 Å². The fraction of sp³-hybridized carbons (Fsp3) is 0.240. The normalized spacial score (nSPS) is 14.4. The van der Waals surface area contributed by atoms with Gasteiger partial charge in [-0.25, -0.2) is 14.4 Å². The smallest absolute Gasteiger partial charge is 0.227 e. The number of benzene rings is 2. The molecule has 1 aliphatic rings. The lowest BCUT2D eigenvalue weighted by Gasteiger charge is -2.32. The van der Waals surface area contributed by atoms with Gasteiger partial charge in [-0.1, -0.05) is 6.07 Å². The van der Waals surface area contributed by atoms with Crippen molar-refractivity contribution in [2.24, 2.45) is 5.92 Å². The van der Waals surface area contributed by atoms with Gasteiger partial charge in [0.25, 0.3) is 0 Å². The number of carbonyl (C=O) groups is 1. The monoisotopic (exact) mass is 445 g/mol. The molecule has 0 saturated carbocycles. The standard InChI is InChI=1S/C25H24FN5O2/c1-16-14-27-23-22(16)24(29-15-28-23)31-11-9-17(10-12-31)25(32)30-19-3-2-4-21(13-19)33-20-7-5-18(26)6-8-20/h2-8,13-15,17H,9-12H2,1H3,(H,30,32)(H,27,28,29). The van der Waals surface area contributed by atoms with Crippen molar-refractivity contribution in [1.29, 1.82) is 0 Å². The molecule has 2 aromatic heterocycles. The Balaban J connectivity index is 1.21. The van der Waals surface area contributed by atoms with Gasteiger partial charge in [-0.2, -0.15) is 0 Å². The highest BCUT2D eigenvalue weighted by Crippen LogP contribution is 2.30. The number of piperidine rings is 1. The van der Waals surface area contributed by atoms with Gasteiger partial charge in [-0.15, -0.1) is 0 Å². The summed E-state index contributed by atoms with van der Waals surface area (Å²) in [7, 11) is 0. The van der Waals surface area contributed by atoms with Gasteiger partial charge < -0.3 is 19.9 Å². The van der Waals surface area contributed by atoms with Crippen molar-refractivity contribution in [3.8, 4) is 11.5 Å². The highest BCUT2D eigenvalue weighted by Gasteiger charge is 2.27. The maximum Gasteiger partial charge on any atom is 0.227 e. The molecule has 0 atom stereocenters. The first-order chi connectivity index (χ1) is 16.1. The van der Waals surface area contributed by atoms with E-state index in [2.05, 4.69) is 25.2 Å².